The van der Waals surface area contributed by atoms with Gasteiger partial charge < -0.3 is 21.5 Å². The number of rotatable bonds is 7. The maximum absolute atomic E-state index is 11.1. The first-order valence-electron chi connectivity index (χ1n) is 6.00. The Hall–Kier alpha value is -2.68. The van der Waals surface area contributed by atoms with Gasteiger partial charge in [-0.1, -0.05) is 6.07 Å². The molecule has 5 N–H and O–H groups in total. The van der Waals surface area contributed by atoms with Crippen LogP contribution in [0.4, 0.5) is 11.4 Å². The van der Waals surface area contributed by atoms with E-state index >= 15 is 0 Å². The van der Waals surface area contributed by atoms with Crippen LogP contribution < -0.4 is 16.4 Å². The molecule has 1 rings (SSSR count). The second-order valence-corrected chi connectivity index (χ2v) is 4.47. The molecule has 0 saturated carbocycles. The lowest BCUT2D eigenvalue weighted by atomic mass is 10.1. The zero-order valence-electron chi connectivity index (χ0n) is 11.4. The fraction of sp³-hybridized carbons (Fsp3) is 0.333. The van der Waals surface area contributed by atoms with Crippen LogP contribution in [0.2, 0.25) is 0 Å². The number of benzene rings is 1. The first kappa shape index (κ1) is 16.4. The second kappa shape index (κ2) is 6.66. The molecule has 0 unspecified atom stereocenters. The van der Waals surface area contributed by atoms with Crippen molar-refractivity contribution in [2.45, 2.75) is 13.0 Å². The minimum atomic E-state index is -0.890. The van der Waals surface area contributed by atoms with Gasteiger partial charge in [-0.3, -0.25) is 19.7 Å². The van der Waals surface area contributed by atoms with E-state index in [0.717, 1.165) is 4.90 Å². The van der Waals surface area contributed by atoms with Crippen molar-refractivity contribution in [1.82, 2.24) is 0 Å². The number of nitrogens with zero attached hydrogens (tertiary/aromatic N) is 2. The van der Waals surface area contributed by atoms with E-state index in [-0.39, 0.29) is 11.4 Å². The number of anilines is 1. The Morgan fingerprint density at radius 1 is 1.33 bits per heavy atom. The molecule has 0 aliphatic rings. The third-order valence-electron chi connectivity index (χ3n) is 2.71. The number of nitrogens with two attached hydrogens (primary N) is 2. The largest absolute Gasteiger partial charge is 0.389 e. The molecule has 0 fully saturated rings. The number of hydrogen-bond acceptors (Lipinski definition) is 6. The van der Waals surface area contributed by atoms with E-state index in [9.17, 15) is 24.8 Å². The molecule has 2 amide bonds. The molecule has 0 aromatic heterocycles. The summed E-state index contributed by atoms with van der Waals surface area (Å²) < 4.78 is 0. The molecule has 9 heteroatoms. The van der Waals surface area contributed by atoms with E-state index in [1.54, 1.807) is 0 Å². The highest BCUT2D eigenvalue weighted by Crippen LogP contribution is 2.31. The molecule has 0 radical (unpaired) electrons. The highest BCUT2D eigenvalue weighted by Gasteiger charge is 2.23. The standard InChI is InChI=1S/C12H16N4O5/c1-7(17)8-2-3-9(10(4-8)16(20)21)15(5-11(13)18)6-12(14)19/h2-4,7,17H,5-6H2,1H3,(H2,13,18)(H2,14,19)/t7-/m0/s1. The molecule has 9 nitrogen and oxygen atoms in total. The summed E-state index contributed by atoms with van der Waals surface area (Å²) in [5.74, 6) is -1.52. The lowest BCUT2D eigenvalue weighted by molar-refractivity contribution is -0.384. The lowest BCUT2D eigenvalue weighted by Crippen LogP contribution is -2.40. The maximum Gasteiger partial charge on any atom is 0.292 e. The van der Waals surface area contributed by atoms with E-state index < -0.39 is 35.9 Å². The summed E-state index contributed by atoms with van der Waals surface area (Å²) in [5, 5.41) is 20.6. The summed E-state index contributed by atoms with van der Waals surface area (Å²) in [6.45, 7) is 0.679. The molecular formula is C12H16N4O5. The van der Waals surface area contributed by atoms with Gasteiger partial charge >= 0.3 is 0 Å². The van der Waals surface area contributed by atoms with Gasteiger partial charge in [0, 0.05) is 6.07 Å². The molecule has 21 heavy (non-hydrogen) atoms. The minimum Gasteiger partial charge on any atom is -0.389 e. The minimum absolute atomic E-state index is 0.0296. The van der Waals surface area contributed by atoms with Crippen LogP contribution in [0.1, 0.15) is 18.6 Å². The molecule has 0 bridgehead atoms. The molecule has 1 atom stereocenters. The molecule has 114 valence electrons. The van der Waals surface area contributed by atoms with Gasteiger partial charge in [0.25, 0.3) is 5.69 Å². The van der Waals surface area contributed by atoms with Crippen LogP contribution in [0.25, 0.3) is 0 Å². The van der Waals surface area contributed by atoms with Crippen LogP contribution >= 0.6 is 0 Å². The van der Waals surface area contributed by atoms with E-state index in [2.05, 4.69) is 0 Å². The monoisotopic (exact) mass is 296 g/mol. The number of nitro groups is 1. The first-order chi connectivity index (χ1) is 9.72. The molecule has 0 aliphatic heterocycles. The van der Waals surface area contributed by atoms with Gasteiger partial charge in [-0.15, -0.1) is 0 Å². The van der Waals surface area contributed by atoms with Crippen molar-refractivity contribution < 1.29 is 19.6 Å². The van der Waals surface area contributed by atoms with Gasteiger partial charge in [-0.2, -0.15) is 0 Å². The normalized spacial score (nSPS) is 11.7. The maximum atomic E-state index is 11.1. The average molecular weight is 296 g/mol. The van der Waals surface area contributed by atoms with Gasteiger partial charge in [-0.05, 0) is 18.6 Å². The molecule has 0 heterocycles. The number of nitro benzene ring substituents is 1. The highest BCUT2D eigenvalue weighted by atomic mass is 16.6. The Bertz CT molecular complexity index is 557. The molecule has 0 saturated heterocycles. The fourth-order valence-electron chi connectivity index (χ4n) is 1.82. The summed E-state index contributed by atoms with van der Waals surface area (Å²) in [6.07, 6.45) is -0.890. The van der Waals surface area contributed by atoms with Crippen molar-refractivity contribution in [3.8, 4) is 0 Å². The number of aliphatic hydroxyl groups excluding tert-OH is 1. The third kappa shape index (κ3) is 4.42. The topological polar surface area (TPSA) is 153 Å². The van der Waals surface area contributed by atoms with Gasteiger partial charge in [0.2, 0.25) is 11.8 Å². The fourth-order valence-corrected chi connectivity index (χ4v) is 1.82. The quantitative estimate of drug-likeness (QED) is 0.452. The molecular weight excluding hydrogens is 280 g/mol. The van der Waals surface area contributed by atoms with Gasteiger partial charge in [0.05, 0.1) is 24.1 Å². The van der Waals surface area contributed by atoms with E-state index in [4.69, 9.17) is 11.5 Å². The zero-order valence-corrected chi connectivity index (χ0v) is 11.4. The van der Waals surface area contributed by atoms with Gasteiger partial charge in [-0.25, -0.2) is 0 Å². The third-order valence-corrected chi connectivity index (χ3v) is 2.71. The number of aliphatic hydroxyl groups is 1. The van der Waals surface area contributed by atoms with E-state index in [1.165, 1.54) is 25.1 Å². The zero-order chi connectivity index (χ0) is 16.2. The van der Waals surface area contributed by atoms with Crippen LogP contribution in [0.3, 0.4) is 0 Å². The number of carbonyl (C=O) groups excluding carboxylic acids is 2. The highest BCUT2D eigenvalue weighted by molar-refractivity contribution is 5.86. The number of hydrogen-bond donors (Lipinski definition) is 3. The summed E-state index contributed by atoms with van der Waals surface area (Å²) in [7, 11) is 0. The molecule has 1 aromatic rings. The second-order valence-electron chi connectivity index (χ2n) is 4.47. The molecule has 0 aliphatic carbocycles. The van der Waals surface area contributed by atoms with Crippen molar-refractivity contribution >= 4 is 23.2 Å². The first-order valence-corrected chi connectivity index (χ1v) is 6.00. The summed E-state index contributed by atoms with van der Waals surface area (Å²) in [5.41, 5.74) is 10.2. The van der Waals surface area contributed by atoms with Crippen molar-refractivity contribution in [2.24, 2.45) is 11.5 Å². The Kier molecular flexibility index (Phi) is 5.19. The van der Waals surface area contributed by atoms with Crippen molar-refractivity contribution in [1.29, 1.82) is 0 Å². The lowest BCUT2D eigenvalue weighted by Gasteiger charge is -2.22. The summed E-state index contributed by atoms with van der Waals surface area (Å²) in [4.78, 5) is 33.7. The Balaban J connectivity index is 3.31. The predicted octanol–water partition coefficient (Wildman–Crippen LogP) is -0.575. The Labute approximate surface area is 120 Å². The van der Waals surface area contributed by atoms with Gasteiger partial charge in [0.15, 0.2) is 0 Å². The van der Waals surface area contributed by atoms with Crippen molar-refractivity contribution in [2.75, 3.05) is 18.0 Å². The van der Waals surface area contributed by atoms with E-state index in [1.807, 2.05) is 0 Å². The number of carbonyl (C=O) groups is 2. The smallest absolute Gasteiger partial charge is 0.292 e. The number of primary amides is 2. The Morgan fingerprint density at radius 2 is 1.86 bits per heavy atom. The summed E-state index contributed by atoms with van der Waals surface area (Å²) in [6, 6.07) is 3.98. The van der Waals surface area contributed by atoms with Crippen LogP contribution in [0.15, 0.2) is 18.2 Å². The van der Waals surface area contributed by atoms with Gasteiger partial charge in [0.1, 0.15) is 5.69 Å². The number of amides is 2. The average Bonchev–Trinajstić information content (AvgIpc) is 2.35. The Morgan fingerprint density at radius 3 is 2.24 bits per heavy atom. The van der Waals surface area contributed by atoms with Crippen molar-refractivity contribution in [3.63, 3.8) is 0 Å². The van der Waals surface area contributed by atoms with Crippen LogP contribution in [-0.2, 0) is 9.59 Å². The van der Waals surface area contributed by atoms with Crippen molar-refractivity contribution in [3.05, 3.63) is 33.9 Å². The van der Waals surface area contributed by atoms with Crippen LogP contribution in [0.5, 0.6) is 0 Å². The van der Waals surface area contributed by atoms with Crippen LogP contribution in [-0.4, -0.2) is 34.9 Å². The molecule has 1 aromatic carbocycles. The van der Waals surface area contributed by atoms with Crippen LogP contribution in [0, 0.1) is 10.1 Å². The van der Waals surface area contributed by atoms with E-state index in [0.29, 0.717) is 5.56 Å². The predicted molar refractivity (Wildman–Crippen MR) is 74.3 cm³/mol. The summed E-state index contributed by atoms with van der Waals surface area (Å²) >= 11 is 0. The molecule has 0 spiro atoms. The SMILES string of the molecule is C[C@H](O)c1ccc(N(CC(N)=O)CC(N)=O)c([N+](=O)[O-])c1.